The van der Waals surface area contributed by atoms with Gasteiger partial charge in [-0.3, -0.25) is 14.7 Å². The van der Waals surface area contributed by atoms with Crippen molar-refractivity contribution in [3.8, 4) is 11.5 Å². The van der Waals surface area contributed by atoms with Crippen molar-refractivity contribution >= 4 is 12.1 Å². The Morgan fingerprint density at radius 2 is 2.14 bits per heavy atom. The zero-order chi connectivity index (χ0) is 25.5. The summed E-state index contributed by atoms with van der Waals surface area (Å²) in [4.78, 5) is 22.4. The van der Waals surface area contributed by atoms with Crippen molar-refractivity contribution in [2.45, 2.75) is 57.9 Å². The van der Waals surface area contributed by atoms with Gasteiger partial charge in [-0.2, -0.15) is 0 Å². The molecule has 196 valence electrons. The fourth-order valence-corrected chi connectivity index (χ4v) is 5.73. The molecular weight excluding hydrogens is 452 g/mol. The number of hydrogen-bond donors (Lipinski definition) is 1. The van der Waals surface area contributed by atoms with Gasteiger partial charge in [0, 0.05) is 56.0 Å². The number of likely N-dealkylation sites (tertiary alicyclic amines) is 1. The maximum atomic E-state index is 13.4. The second-order valence-corrected chi connectivity index (χ2v) is 10.3. The van der Waals surface area contributed by atoms with Gasteiger partial charge in [0.2, 0.25) is 12.7 Å². The van der Waals surface area contributed by atoms with Crippen LogP contribution in [0, 0.1) is 11.8 Å². The van der Waals surface area contributed by atoms with E-state index in [0.29, 0.717) is 25.6 Å². The van der Waals surface area contributed by atoms with Crippen molar-refractivity contribution in [1.29, 1.82) is 0 Å². The van der Waals surface area contributed by atoms with Gasteiger partial charge in [-0.05, 0) is 49.3 Å². The smallest absolute Gasteiger partial charge is 0.236 e. The normalized spacial score (nSPS) is 25.1. The fraction of sp³-hybridized carbons (Fsp3) is 0.586. The quantitative estimate of drug-likeness (QED) is 0.437. The van der Waals surface area contributed by atoms with Crippen LogP contribution in [0.25, 0.3) is 0 Å². The van der Waals surface area contributed by atoms with Gasteiger partial charge in [-0.25, -0.2) is 0 Å². The van der Waals surface area contributed by atoms with Crippen LogP contribution in [0.2, 0.25) is 0 Å². The first kappa shape index (κ1) is 26.4. The van der Waals surface area contributed by atoms with Gasteiger partial charge < -0.3 is 20.1 Å². The van der Waals surface area contributed by atoms with Gasteiger partial charge in [0.15, 0.2) is 11.5 Å². The van der Waals surface area contributed by atoms with Crippen molar-refractivity contribution in [2.24, 2.45) is 22.6 Å². The van der Waals surface area contributed by atoms with E-state index < -0.39 is 0 Å². The number of hydrogen-bond acceptors (Lipinski definition) is 6. The summed E-state index contributed by atoms with van der Waals surface area (Å²) in [6.45, 7) is 11.9. The molecule has 7 heteroatoms. The van der Waals surface area contributed by atoms with Gasteiger partial charge >= 0.3 is 0 Å². The zero-order valence-corrected chi connectivity index (χ0v) is 21.9. The highest BCUT2D eigenvalue weighted by molar-refractivity contribution is 5.78. The van der Waals surface area contributed by atoms with Crippen LogP contribution in [0.1, 0.15) is 57.4 Å². The Bertz CT molecular complexity index is 975. The first-order valence-electron chi connectivity index (χ1n) is 13.5. The number of unbranched alkanes of at least 4 members (excludes halogenated alkanes) is 1. The topological polar surface area (TPSA) is 80.4 Å². The van der Waals surface area contributed by atoms with Crippen LogP contribution >= 0.6 is 0 Å². The third kappa shape index (κ3) is 6.19. The molecule has 0 aromatic heterocycles. The summed E-state index contributed by atoms with van der Waals surface area (Å²) >= 11 is 0. The minimum atomic E-state index is 0.163. The molecule has 0 bridgehead atoms. The average Bonchev–Trinajstić information content (AvgIpc) is 3.48. The van der Waals surface area contributed by atoms with Gasteiger partial charge in [-0.15, -0.1) is 6.58 Å². The first-order chi connectivity index (χ1) is 17.5. The molecular formula is C29H42N4O3. The zero-order valence-electron chi connectivity index (χ0n) is 21.9. The number of fused-ring (bicyclic) bond motifs is 1. The number of carbonyl (C=O) groups is 1. The van der Waals surface area contributed by atoms with Gasteiger partial charge in [0.25, 0.3) is 0 Å². The van der Waals surface area contributed by atoms with Crippen molar-refractivity contribution in [2.75, 3.05) is 39.5 Å². The molecule has 1 aromatic rings. The Labute approximate surface area is 216 Å². The van der Waals surface area contributed by atoms with E-state index in [-0.39, 0.29) is 30.6 Å². The van der Waals surface area contributed by atoms with Gasteiger partial charge in [-0.1, -0.05) is 38.5 Å². The van der Waals surface area contributed by atoms with E-state index in [9.17, 15) is 4.79 Å². The largest absolute Gasteiger partial charge is 0.454 e. The van der Waals surface area contributed by atoms with E-state index in [4.69, 9.17) is 15.2 Å². The van der Waals surface area contributed by atoms with Crippen molar-refractivity contribution < 1.29 is 14.3 Å². The van der Waals surface area contributed by atoms with Crippen LogP contribution in [-0.2, 0) is 4.79 Å². The Morgan fingerprint density at radius 3 is 2.89 bits per heavy atom. The van der Waals surface area contributed by atoms with E-state index in [2.05, 4.69) is 54.6 Å². The molecule has 3 heterocycles. The molecule has 0 aliphatic carbocycles. The molecule has 0 radical (unpaired) electrons. The number of allylic oxidation sites excluding steroid dienone is 2. The summed E-state index contributed by atoms with van der Waals surface area (Å²) in [5, 5.41) is 0. The van der Waals surface area contributed by atoms with Crippen molar-refractivity contribution in [3.05, 3.63) is 48.2 Å². The molecule has 3 aliphatic heterocycles. The monoisotopic (exact) mass is 494 g/mol. The standard InChI is InChI=1S/C29H42N4O3/c1-4-6-14-32(15-12-30)29(34)19-33-18-25(22-7-10-27-28(17-22)36-20-35-27)24(5-2)26(33)9-8-23-16-21(3)11-13-31-23/h5,7,10,13,16-17,21,24-26H,2,4,6,8-9,11-12,14-15,18-20,30H2,1,3H3/t21?,24-,25-,26+/m1/s1. The summed E-state index contributed by atoms with van der Waals surface area (Å²) < 4.78 is 11.2. The summed E-state index contributed by atoms with van der Waals surface area (Å²) in [5.74, 6) is 2.74. The highest BCUT2D eigenvalue weighted by Crippen LogP contribution is 2.43. The van der Waals surface area contributed by atoms with E-state index >= 15 is 0 Å². The average molecular weight is 495 g/mol. The fourth-order valence-electron chi connectivity index (χ4n) is 5.73. The second-order valence-electron chi connectivity index (χ2n) is 10.3. The summed E-state index contributed by atoms with van der Waals surface area (Å²) in [5.41, 5.74) is 8.20. The Morgan fingerprint density at radius 1 is 1.31 bits per heavy atom. The summed E-state index contributed by atoms with van der Waals surface area (Å²) in [7, 11) is 0. The highest BCUT2D eigenvalue weighted by atomic mass is 16.7. The maximum absolute atomic E-state index is 13.4. The predicted molar refractivity (Wildman–Crippen MR) is 144 cm³/mol. The number of benzene rings is 1. The number of carbonyl (C=O) groups excluding carboxylic acids is 1. The molecule has 1 unspecified atom stereocenters. The summed E-state index contributed by atoms with van der Waals surface area (Å²) in [6.07, 6.45) is 11.3. The summed E-state index contributed by atoms with van der Waals surface area (Å²) in [6, 6.07) is 6.44. The van der Waals surface area contributed by atoms with Crippen LogP contribution < -0.4 is 15.2 Å². The lowest BCUT2D eigenvalue weighted by molar-refractivity contribution is -0.132. The molecule has 4 rings (SSSR count). The molecule has 7 nitrogen and oxygen atoms in total. The highest BCUT2D eigenvalue weighted by Gasteiger charge is 2.42. The molecule has 3 aliphatic rings. The SMILES string of the molecule is C=C[C@@H]1[C@@H](c2ccc3c(c2)OCO3)CN(CC(=O)N(CCN)CCCC)[C@H]1CCC1=CC(C)CC=N1. The number of rotatable bonds is 12. The molecule has 4 atom stereocenters. The van der Waals surface area contributed by atoms with Crippen LogP contribution in [0.5, 0.6) is 11.5 Å². The van der Waals surface area contributed by atoms with E-state index in [1.165, 1.54) is 5.56 Å². The van der Waals surface area contributed by atoms with Crippen LogP contribution in [0.3, 0.4) is 0 Å². The molecule has 2 N–H and O–H groups in total. The Balaban J connectivity index is 1.55. The molecule has 1 saturated heterocycles. The lowest BCUT2D eigenvalue weighted by Crippen LogP contribution is -2.45. The number of amides is 1. The van der Waals surface area contributed by atoms with E-state index in [1.807, 2.05) is 17.2 Å². The Kier molecular flexibility index (Phi) is 9.21. The Hall–Kier alpha value is -2.64. The number of ether oxygens (including phenoxy) is 2. The lowest BCUT2D eigenvalue weighted by Gasteiger charge is -2.30. The molecule has 1 aromatic carbocycles. The maximum Gasteiger partial charge on any atom is 0.236 e. The van der Waals surface area contributed by atoms with E-state index in [1.54, 1.807) is 0 Å². The first-order valence-corrected chi connectivity index (χ1v) is 13.5. The number of nitrogens with two attached hydrogens (primary N) is 1. The minimum absolute atomic E-state index is 0.163. The van der Waals surface area contributed by atoms with Crippen LogP contribution in [0.4, 0.5) is 0 Å². The molecule has 0 spiro atoms. The molecule has 36 heavy (non-hydrogen) atoms. The number of nitrogens with zero attached hydrogens (tertiary/aromatic N) is 3. The molecule has 1 amide bonds. The molecule has 0 saturated carbocycles. The third-order valence-corrected chi connectivity index (χ3v) is 7.69. The van der Waals surface area contributed by atoms with Gasteiger partial charge in [0.1, 0.15) is 0 Å². The van der Waals surface area contributed by atoms with Crippen LogP contribution in [0.15, 0.2) is 47.6 Å². The second kappa shape index (κ2) is 12.5. The third-order valence-electron chi connectivity index (χ3n) is 7.69. The van der Waals surface area contributed by atoms with Crippen LogP contribution in [-0.4, -0.2) is 67.5 Å². The van der Waals surface area contributed by atoms with Crippen molar-refractivity contribution in [1.82, 2.24) is 9.80 Å². The van der Waals surface area contributed by atoms with Gasteiger partial charge in [0.05, 0.1) is 6.54 Å². The lowest BCUT2D eigenvalue weighted by atomic mass is 9.83. The van der Waals surface area contributed by atoms with Crippen molar-refractivity contribution in [3.63, 3.8) is 0 Å². The predicted octanol–water partition coefficient (Wildman–Crippen LogP) is 4.35. The number of aliphatic imine (C=N–C) groups is 1. The molecule has 1 fully saturated rings. The van der Waals surface area contributed by atoms with E-state index in [0.717, 1.165) is 62.4 Å². The minimum Gasteiger partial charge on any atom is -0.454 e.